The molecule has 5 rings (SSSR count). The minimum absolute atomic E-state index is 0.128. The summed E-state index contributed by atoms with van der Waals surface area (Å²) < 4.78 is 0. The molecule has 2 N–H and O–H groups in total. The number of amides is 1. The van der Waals surface area contributed by atoms with Crippen LogP contribution < -0.4 is 5.73 Å². The fraction of sp³-hybridized carbons (Fsp3) is 0.893. The summed E-state index contributed by atoms with van der Waals surface area (Å²) in [5, 5.41) is 0. The van der Waals surface area contributed by atoms with Crippen molar-refractivity contribution in [2.24, 2.45) is 46.7 Å². The molecule has 9 unspecified atom stereocenters. The zero-order valence-electron chi connectivity index (χ0n) is 21.4. The minimum Gasteiger partial charge on any atom is -0.341 e. The van der Waals surface area contributed by atoms with Gasteiger partial charge in [0.25, 0.3) is 0 Å². The van der Waals surface area contributed by atoms with Gasteiger partial charge in [-0.05, 0) is 113 Å². The first-order valence-electron chi connectivity index (χ1n) is 13.6. The maximum Gasteiger partial charge on any atom is 0.239 e. The van der Waals surface area contributed by atoms with E-state index in [0.29, 0.717) is 11.5 Å². The van der Waals surface area contributed by atoms with Crippen molar-refractivity contribution in [1.82, 2.24) is 9.80 Å². The van der Waals surface area contributed by atoms with Crippen LogP contribution in [-0.4, -0.2) is 54.0 Å². The first-order valence-corrected chi connectivity index (χ1v) is 13.6. The Kier molecular flexibility index (Phi) is 5.81. The third-order valence-corrected chi connectivity index (χ3v) is 11.6. The summed E-state index contributed by atoms with van der Waals surface area (Å²) in [4.78, 5) is 17.6. The van der Waals surface area contributed by atoms with E-state index < -0.39 is 0 Å². The average Bonchev–Trinajstić information content (AvgIpc) is 3.27. The number of fused-ring (bicyclic) bond motifs is 4. The lowest BCUT2D eigenvalue weighted by Crippen LogP contribution is -2.53. The molecule has 0 radical (unpaired) electrons. The van der Waals surface area contributed by atoms with Crippen LogP contribution >= 0.6 is 0 Å². The molecule has 4 fully saturated rings. The van der Waals surface area contributed by atoms with Crippen molar-refractivity contribution in [3.8, 4) is 0 Å². The molecule has 4 nitrogen and oxygen atoms in total. The van der Waals surface area contributed by atoms with Crippen LogP contribution in [0.1, 0.15) is 79.1 Å². The molecule has 0 aromatic carbocycles. The van der Waals surface area contributed by atoms with Gasteiger partial charge in [0.2, 0.25) is 5.91 Å². The predicted molar refractivity (Wildman–Crippen MR) is 131 cm³/mol. The highest BCUT2D eigenvalue weighted by atomic mass is 16.2. The standard InChI is InChI=1S/C28H47N3O/c1-16(2)26(29)27(32)31(6)20-8-10-21-19(15-20)7-9-23-22(21)13-14-28-18(4)30(5)17(3)24(28)11-12-25(23)28/h7,16-18,20-26H,8-15,29H2,1-6H3/t17?,18-,20?,21?,22?,23?,24?,25?,26?,28?/m0/s1. The number of allylic oxidation sites excluding steroid dienone is 1. The van der Waals surface area contributed by atoms with Gasteiger partial charge >= 0.3 is 0 Å². The van der Waals surface area contributed by atoms with E-state index in [-0.39, 0.29) is 17.9 Å². The monoisotopic (exact) mass is 441 g/mol. The molecule has 1 saturated heterocycles. The summed E-state index contributed by atoms with van der Waals surface area (Å²) in [5.74, 6) is 4.72. The summed E-state index contributed by atoms with van der Waals surface area (Å²) in [6.07, 6.45) is 13.2. The Bertz CT molecular complexity index is 777. The first-order chi connectivity index (χ1) is 15.2. The Morgan fingerprint density at radius 2 is 1.84 bits per heavy atom. The summed E-state index contributed by atoms with van der Waals surface area (Å²) in [6, 6.07) is 1.45. The van der Waals surface area contributed by atoms with Crippen molar-refractivity contribution in [2.45, 2.75) is 103 Å². The SMILES string of the molecule is CC(C)C(N)C(=O)N(C)C1CCC2C(=CCC3C2CCC24C3CCC2C(C)N(C)[C@H]4C)C1. The second kappa shape index (κ2) is 8.12. The second-order valence-electron chi connectivity index (χ2n) is 12.6. The molecule has 180 valence electrons. The Balaban J connectivity index is 1.33. The number of carbonyl (C=O) groups excluding carboxylic acids is 1. The highest BCUT2D eigenvalue weighted by Crippen LogP contribution is 2.68. The molecule has 32 heavy (non-hydrogen) atoms. The number of rotatable bonds is 3. The van der Waals surface area contributed by atoms with Crippen molar-refractivity contribution in [3.05, 3.63) is 11.6 Å². The first kappa shape index (κ1) is 22.9. The van der Waals surface area contributed by atoms with Crippen LogP contribution in [0.15, 0.2) is 11.6 Å². The van der Waals surface area contributed by atoms with Crippen LogP contribution in [0, 0.1) is 40.9 Å². The van der Waals surface area contributed by atoms with E-state index >= 15 is 0 Å². The number of hydrogen-bond acceptors (Lipinski definition) is 3. The summed E-state index contributed by atoms with van der Waals surface area (Å²) >= 11 is 0. The van der Waals surface area contributed by atoms with Gasteiger partial charge in [-0.1, -0.05) is 25.5 Å². The molecule has 4 aliphatic carbocycles. The smallest absolute Gasteiger partial charge is 0.239 e. The lowest BCUT2D eigenvalue weighted by molar-refractivity contribution is -0.135. The normalized spacial score (nSPS) is 46.7. The Morgan fingerprint density at radius 3 is 2.56 bits per heavy atom. The minimum atomic E-state index is -0.374. The highest BCUT2D eigenvalue weighted by Gasteiger charge is 2.65. The molecular weight excluding hydrogens is 394 g/mol. The predicted octanol–water partition coefficient (Wildman–Crippen LogP) is 4.69. The third kappa shape index (κ3) is 3.11. The molecule has 0 aromatic heterocycles. The molecule has 1 spiro atoms. The molecule has 1 heterocycles. The largest absolute Gasteiger partial charge is 0.341 e. The highest BCUT2D eigenvalue weighted by molar-refractivity contribution is 5.82. The maximum atomic E-state index is 12.9. The van der Waals surface area contributed by atoms with E-state index in [0.717, 1.165) is 54.5 Å². The number of hydrogen-bond donors (Lipinski definition) is 1. The molecule has 5 aliphatic rings. The van der Waals surface area contributed by atoms with Gasteiger partial charge in [0.15, 0.2) is 0 Å². The van der Waals surface area contributed by atoms with Crippen molar-refractivity contribution in [1.29, 1.82) is 0 Å². The lowest BCUT2D eigenvalue weighted by atomic mass is 9.50. The van der Waals surface area contributed by atoms with Gasteiger partial charge in [-0.3, -0.25) is 4.79 Å². The van der Waals surface area contributed by atoms with Crippen LogP contribution in [0.3, 0.4) is 0 Å². The van der Waals surface area contributed by atoms with E-state index in [1.54, 1.807) is 5.57 Å². The Morgan fingerprint density at radius 1 is 1.12 bits per heavy atom. The molecule has 4 heteroatoms. The van der Waals surface area contributed by atoms with Crippen molar-refractivity contribution >= 4 is 5.91 Å². The lowest BCUT2D eigenvalue weighted by Gasteiger charge is -2.55. The number of likely N-dealkylation sites (tertiary alicyclic amines) is 1. The third-order valence-electron chi connectivity index (χ3n) is 11.6. The van der Waals surface area contributed by atoms with E-state index in [9.17, 15) is 4.79 Å². The van der Waals surface area contributed by atoms with Gasteiger partial charge in [0.05, 0.1) is 6.04 Å². The quantitative estimate of drug-likeness (QED) is 0.647. The van der Waals surface area contributed by atoms with Gasteiger partial charge in [-0.2, -0.15) is 0 Å². The van der Waals surface area contributed by atoms with E-state index in [1.807, 2.05) is 25.8 Å². The van der Waals surface area contributed by atoms with Crippen molar-refractivity contribution in [2.75, 3.05) is 14.1 Å². The van der Waals surface area contributed by atoms with Gasteiger partial charge in [-0.15, -0.1) is 0 Å². The Hall–Kier alpha value is -0.870. The molecule has 0 bridgehead atoms. The summed E-state index contributed by atoms with van der Waals surface area (Å²) in [7, 11) is 4.37. The topological polar surface area (TPSA) is 49.6 Å². The molecule has 0 aromatic rings. The van der Waals surface area contributed by atoms with Crippen LogP contribution in [0.2, 0.25) is 0 Å². The fourth-order valence-corrected chi connectivity index (χ4v) is 9.58. The summed E-state index contributed by atoms with van der Waals surface area (Å²) in [6.45, 7) is 9.13. The van der Waals surface area contributed by atoms with Crippen LogP contribution in [-0.2, 0) is 4.79 Å². The second-order valence-corrected chi connectivity index (χ2v) is 12.6. The van der Waals surface area contributed by atoms with E-state index in [2.05, 4.69) is 31.9 Å². The van der Waals surface area contributed by atoms with Crippen LogP contribution in [0.4, 0.5) is 0 Å². The zero-order valence-corrected chi connectivity index (χ0v) is 21.4. The molecular formula is C28H47N3O. The molecule has 3 saturated carbocycles. The van der Waals surface area contributed by atoms with Crippen LogP contribution in [0.25, 0.3) is 0 Å². The van der Waals surface area contributed by atoms with Gasteiger partial charge in [-0.25, -0.2) is 0 Å². The van der Waals surface area contributed by atoms with Crippen molar-refractivity contribution in [3.63, 3.8) is 0 Å². The number of nitrogens with two attached hydrogens (primary N) is 1. The fourth-order valence-electron chi connectivity index (χ4n) is 9.58. The van der Waals surface area contributed by atoms with Crippen molar-refractivity contribution < 1.29 is 4.79 Å². The summed E-state index contributed by atoms with van der Waals surface area (Å²) in [5.41, 5.74) is 8.46. The van der Waals surface area contributed by atoms with E-state index in [1.165, 1.54) is 38.5 Å². The zero-order chi connectivity index (χ0) is 22.9. The van der Waals surface area contributed by atoms with Crippen LogP contribution in [0.5, 0.6) is 0 Å². The number of nitrogens with zero attached hydrogens (tertiary/aromatic N) is 2. The number of likely N-dealkylation sites (N-methyl/N-ethyl adjacent to an activating group) is 1. The molecule has 1 amide bonds. The molecule has 1 aliphatic heterocycles. The van der Waals surface area contributed by atoms with Gasteiger partial charge < -0.3 is 15.5 Å². The number of carbonyl (C=O) groups is 1. The maximum absolute atomic E-state index is 12.9. The Labute approximate surface area is 196 Å². The molecule has 10 atom stereocenters. The average molecular weight is 442 g/mol. The van der Waals surface area contributed by atoms with Gasteiger partial charge in [0, 0.05) is 25.2 Å². The van der Waals surface area contributed by atoms with E-state index in [4.69, 9.17) is 5.73 Å². The van der Waals surface area contributed by atoms with Gasteiger partial charge in [0.1, 0.15) is 0 Å².